The Labute approximate surface area is 265 Å². The molecule has 3 heteroatoms. The van der Waals surface area contributed by atoms with Crippen molar-refractivity contribution in [1.82, 2.24) is 4.57 Å². The van der Waals surface area contributed by atoms with Crippen molar-refractivity contribution < 1.29 is 4.42 Å². The van der Waals surface area contributed by atoms with Crippen LogP contribution >= 0.6 is 0 Å². The molecule has 0 bridgehead atoms. The molecule has 0 saturated heterocycles. The van der Waals surface area contributed by atoms with Gasteiger partial charge in [0, 0.05) is 32.8 Å². The molecule has 214 valence electrons. The summed E-state index contributed by atoms with van der Waals surface area (Å²) in [6, 6.07) is 57.4. The number of nitriles is 1. The van der Waals surface area contributed by atoms with Crippen LogP contribution in [0.2, 0.25) is 0 Å². The van der Waals surface area contributed by atoms with Gasteiger partial charge in [0.15, 0.2) is 0 Å². The lowest BCUT2D eigenvalue weighted by molar-refractivity contribution is 0.669. The second-order valence-electron chi connectivity index (χ2n) is 11.7. The lowest BCUT2D eigenvalue weighted by Crippen LogP contribution is -1.97. The Kier molecular flexibility index (Phi) is 5.88. The maximum Gasteiger partial charge on any atom is 0.135 e. The third-order valence-corrected chi connectivity index (χ3v) is 9.04. The highest BCUT2D eigenvalue weighted by Gasteiger charge is 2.17. The molecule has 0 atom stereocenters. The predicted octanol–water partition coefficient (Wildman–Crippen LogP) is 11.6. The first-order chi connectivity index (χ1) is 22.8. The van der Waals surface area contributed by atoms with E-state index in [1.165, 1.54) is 10.8 Å². The molecule has 2 heterocycles. The van der Waals surface area contributed by atoms with Gasteiger partial charge in [0.05, 0.1) is 22.7 Å². The summed E-state index contributed by atoms with van der Waals surface area (Å²) < 4.78 is 8.54. The van der Waals surface area contributed by atoms with Gasteiger partial charge in [-0.25, -0.2) is 0 Å². The number of nitrogens with zero attached hydrogens (tertiary/aromatic N) is 2. The molecule has 0 aliphatic heterocycles. The Bertz CT molecular complexity index is 2610. The minimum Gasteiger partial charge on any atom is -0.456 e. The fourth-order valence-corrected chi connectivity index (χ4v) is 6.95. The molecule has 7 aromatic carbocycles. The maximum atomic E-state index is 9.99. The predicted molar refractivity (Wildman–Crippen MR) is 189 cm³/mol. The summed E-state index contributed by atoms with van der Waals surface area (Å²) in [7, 11) is 0. The third-order valence-electron chi connectivity index (χ3n) is 9.04. The number of hydrogen-bond donors (Lipinski definition) is 0. The molecule has 0 aliphatic carbocycles. The number of rotatable bonds is 4. The lowest BCUT2D eigenvalue weighted by atomic mass is 9.90. The quantitative estimate of drug-likeness (QED) is 0.206. The number of hydrogen-bond acceptors (Lipinski definition) is 2. The van der Waals surface area contributed by atoms with Gasteiger partial charge in [0.1, 0.15) is 11.2 Å². The zero-order valence-corrected chi connectivity index (χ0v) is 24.8. The summed E-state index contributed by atoms with van der Waals surface area (Å²) in [4.78, 5) is 0. The van der Waals surface area contributed by atoms with E-state index in [2.05, 4.69) is 126 Å². The highest BCUT2D eigenvalue weighted by Crippen LogP contribution is 2.40. The van der Waals surface area contributed by atoms with Crippen LogP contribution in [0, 0.1) is 11.3 Å². The molecule has 46 heavy (non-hydrogen) atoms. The van der Waals surface area contributed by atoms with Crippen molar-refractivity contribution in [1.29, 1.82) is 5.26 Å². The first-order valence-electron chi connectivity index (χ1n) is 15.4. The molecule has 0 N–H and O–H groups in total. The van der Waals surface area contributed by atoms with Gasteiger partial charge in [-0.15, -0.1) is 0 Å². The van der Waals surface area contributed by atoms with E-state index in [9.17, 15) is 5.26 Å². The number of furan rings is 1. The molecular formula is C43H26N2O. The summed E-state index contributed by atoms with van der Waals surface area (Å²) in [5.41, 5.74) is 12.1. The van der Waals surface area contributed by atoms with Crippen LogP contribution < -0.4 is 0 Å². The van der Waals surface area contributed by atoms with Crippen molar-refractivity contribution in [3.8, 4) is 45.1 Å². The fraction of sp³-hybridized carbons (Fsp3) is 0. The van der Waals surface area contributed by atoms with Crippen LogP contribution in [-0.4, -0.2) is 4.57 Å². The van der Waals surface area contributed by atoms with Gasteiger partial charge >= 0.3 is 0 Å². The molecule has 0 amide bonds. The van der Waals surface area contributed by atoms with Gasteiger partial charge in [-0.1, -0.05) is 103 Å². The molecule has 0 spiro atoms. The van der Waals surface area contributed by atoms with Crippen LogP contribution in [0.4, 0.5) is 0 Å². The summed E-state index contributed by atoms with van der Waals surface area (Å²) in [5.74, 6) is 0. The Morgan fingerprint density at radius 2 is 1.02 bits per heavy atom. The molecule has 9 aromatic rings. The average Bonchev–Trinajstić information content (AvgIpc) is 3.67. The Balaban J connectivity index is 1.35. The van der Waals surface area contributed by atoms with Crippen molar-refractivity contribution in [2.24, 2.45) is 0 Å². The van der Waals surface area contributed by atoms with Crippen LogP contribution in [0.25, 0.3) is 82.8 Å². The van der Waals surface area contributed by atoms with Crippen molar-refractivity contribution in [2.45, 2.75) is 0 Å². The standard InChI is InChI=1S/C43H26N2O/c44-27-29-11-1-2-12-33(29)35-14-4-3-13-34(35)31-23-30(28-21-22-43-39(26-28)38-17-7-10-20-42(38)46-43)24-32(25-31)45-40-18-8-5-15-36(40)37-16-6-9-19-41(37)45/h1-26H. The van der Waals surface area contributed by atoms with E-state index in [1.54, 1.807) is 0 Å². The molecule has 0 saturated carbocycles. The van der Waals surface area contributed by atoms with Crippen molar-refractivity contribution in [3.63, 3.8) is 0 Å². The zero-order chi connectivity index (χ0) is 30.6. The normalized spacial score (nSPS) is 11.5. The largest absolute Gasteiger partial charge is 0.456 e. The van der Waals surface area contributed by atoms with E-state index in [1.807, 2.05) is 42.5 Å². The van der Waals surface area contributed by atoms with E-state index in [4.69, 9.17) is 4.42 Å². The minimum atomic E-state index is 0.658. The highest BCUT2D eigenvalue weighted by molar-refractivity contribution is 6.10. The minimum absolute atomic E-state index is 0.658. The van der Waals surface area contributed by atoms with Crippen LogP contribution in [0.5, 0.6) is 0 Å². The first kappa shape index (κ1) is 26.1. The van der Waals surface area contributed by atoms with E-state index < -0.39 is 0 Å². The summed E-state index contributed by atoms with van der Waals surface area (Å²) >= 11 is 0. The number of para-hydroxylation sites is 3. The molecular weight excluding hydrogens is 560 g/mol. The topological polar surface area (TPSA) is 41.9 Å². The number of benzene rings is 7. The van der Waals surface area contributed by atoms with Gasteiger partial charge in [-0.2, -0.15) is 5.26 Å². The molecule has 0 fully saturated rings. The summed E-state index contributed by atoms with van der Waals surface area (Å²) in [6.07, 6.45) is 0. The second kappa shape index (κ2) is 10.4. The van der Waals surface area contributed by atoms with E-state index in [0.717, 1.165) is 72.0 Å². The lowest BCUT2D eigenvalue weighted by Gasteiger charge is -2.16. The second-order valence-corrected chi connectivity index (χ2v) is 11.7. The van der Waals surface area contributed by atoms with Crippen molar-refractivity contribution in [2.75, 3.05) is 0 Å². The zero-order valence-electron chi connectivity index (χ0n) is 24.8. The van der Waals surface area contributed by atoms with E-state index in [-0.39, 0.29) is 0 Å². The highest BCUT2D eigenvalue weighted by atomic mass is 16.3. The third kappa shape index (κ3) is 4.05. The molecule has 2 aromatic heterocycles. The van der Waals surface area contributed by atoms with Gasteiger partial charge in [0.2, 0.25) is 0 Å². The van der Waals surface area contributed by atoms with Crippen LogP contribution in [0.1, 0.15) is 5.56 Å². The Morgan fingerprint density at radius 1 is 0.435 bits per heavy atom. The molecule has 0 radical (unpaired) electrons. The maximum absolute atomic E-state index is 9.99. The summed E-state index contributed by atoms with van der Waals surface area (Å²) in [6.45, 7) is 0. The van der Waals surface area contributed by atoms with Gasteiger partial charge in [0.25, 0.3) is 0 Å². The Hall–Kier alpha value is -6.37. The smallest absolute Gasteiger partial charge is 0.135 e. The fourth-order valence-electron chi connectivity index (χ4n) is 6.95. The Morgan fingerprint density at radius 3 is 1.78 bits per heavy atom. The van der Waals surface area contributed by atoms with Gasteiger partial charge in [-0.05, 0) is 82.4 Å². The number of aromatic nitrogens is 1. The molecule has 3 nitrogen and oxygen atoms in total. The van der Waals surface area contributed by atoms with Gasteiger partial charge < -0.3 is 8.98 Å². The van der Waals surface area contributed by atoms with E-state index >= 15 is 0 Å². The summed E-state index contributed by atoms with van der Waals surface area (Å²) in [5, 5.41) is 14.6. The SMILES string of the molecule is N#Cc1ccccc1-c1ccccc1-c1cc(-c2ccc3oc4ccccc4c3c2)cc(-n2c3ccccc3c3ccccc32)c1. The van der Waals surface area contributed by atoms with Crippen molar-refractivity contribution in [3.05, 3.63) is 163 Å². The van der Waals surface area contributed by atoms with Crippen LogP contribution in [0.3, 0.4) is 0 Å². The first-order valence-corrected chi connectivity index (χ1v) is 15.4. The molecule has 9 rings (SSSR count). The number of fused-ring (bicyclic) bond motifs is 6. The van der Waals surface area contributed by atoms with E-state index in [0.29, 0.717) is 5.56 Å². The van der Waals surface area contributed by atoms with Crippen LogP contribution in [0.15, 0.2) is 162 Å². The van der Waals surface area contributed by atoms with Crippen LogP contribution in [-0.2, 0) is 0 Å². The van der Waals surface area contributed by atoms with Crippen molar-refractivity contribution >= 4 is 43.7 Å². The average molecular weight is 587 g/mol. The molecule has 0 unspecified atom stereocenters. The molecule has 0 aliphatic rings. The van der Waals surface area contributed by atoms with Gasteiger partial charge in [-0.3, -0.25) is 0 Å². The monoisotopic (exact) mass is 586 g/mol.